The van der Waals surface area contributed by atoms with E-state index in [0.29, 0.717) is 0 Å². The molecule has 1 atom stereocenters. The third-order valence-electron chi connectivity index (χ3n) is 5.57. The van der Waals surface area contributed by atoms with Crippen LogP contribution in [0, 0.1) is 10.8 Å². The van der Waals surface area contributed by atoms with Crippen molar-refractivity contribution in [3.63, 3.8) is 0 Å². The summed E-state index contributed by atoms with van der Waals surface area (Å²) in [4.78, 5) is 23.8. The largest absolute Gasteiger partial charge is 0.355 e. The Morgan fingerprint density at radius 3 is 2.79 bits per heavy atom. The minimum atomic E-state index is -0.124. The first-order valence-corrected chi connectivity index (χ1v) is 10.1. The maximum Gasteiger partial charge on any atom is 0.226 e. The average molecular weight is 349 g/mol. The summed E-state index contributed by atoms with van der Waals surface area (Å²) in [6.45, 7) is 6.96. The van der Waals surface area contributed by atoms with Gasteiger partial charge in [-0.25, -0.2) is 9.97 Å². The summed E-state index contributed by atoms with van der Waals surface area (Å²) in [6, 6.07) is 1.94. The number of nitrogens with zero attached hydrogens (tertiary/aromatic N) is 3. The number of hydrogen-bond donors (Lipinski definition) is 1. The van der Waals surface area contributed by atoms with Crippen molar-refractivity contribution >= 4 is 23.6 Å². The summed E-state index contributed by atoms with van der Waals surface area (Å²) in [7, 11) is 0. The van der Waals surface area contributed by atoms with Crippen molar-refractivity contribution in [1.82, 2.24) is 15.3 Å². The van der Waals surface area contributed by atoms with Gasteiger partial charge in [-0.1, -0.05) is 20.3 Å². The van der Waals surface area contributed by atoms with E-state index in [1.54, 1.807) is 11.8 Å². The molecule has 3 rings (SSSR count). The van der Waals surface area contributed by atoms with Crippen LogP contribution >= 0.6 is 11.8 Å². The van der Waals surface area contributed by atoms with Crippen molar-refractivity contribution in [2.45, 2.75) is 51.0 Å². The molecule has 1 aromatic heterocycles. The molecule has 1 aliphatic carbocycles. The van der Waals surface area contributed by atoms with E-state index in [1.165, 1.54) is 6.42 Å². The van der Waals surface area contributed by atoms with Crippen LogP contribution in [0.5, 0.6) is 0 Å². The molecule has 6 heteroatoms. The lowest BCUT2D eigenvalue weighted by Gasteiger charge is -2.42. The molecule has 1 saturated heterocycles. The van der Waals surface area contributed by atoms with Gasteiger partial charge in [0.2, 0.25) is 11.9 Å². The van der Waals surface area contributed by atoms with E-state index in [2.05, 4.69) is 34.0 Å². The summed E-state index contributed by atoms with van der Waals surface area (Å²) >= 11 is 1.64. The molecule has 0 radical (unpaired) electrons. The molecule has 0 spiro atoms. The van der Waals surface area contributed by atoms with Crippen LogP contribution in [-0.4, -0.2) is 41.8 Å². The molecule has 1 unspecified atom stereocenters. The van der Waals surface area contributed by atoms with Crippen molar-refractivity contribution in [1.29, 1.82) is 0 Å². The summed E-state index contributed by atoms with van der Waals surface area (Å²) in [6.07, 6.45) is 9.33. The summed E-state index contributed by atoms with van der Waals surface area (Å²) in [5, 5.41) is 4.22. The van der Waals surface area contributed by atoms with Crippen LogP contribution in [0.2, 0.25) is 0 Å². The van der Waals surface area contributed by atoms with Crippen molar-refractivity contribution in [3.05, 3.63) is 12.3 Å². The quantitative estimate of drug-likeness (QED) is 0.654. The fourth-order valence-electron chi connectivity index (χ4n) is 3.67. The molecule has 132 valence electrons. The van der Waals surface area contributed by atoms with Gasteiger partial charge in [0.25, 0.3) is 0 Å². The van der Waals surface area contributed by atoms with E-state index in [-0.39, 0.29) is 16.7 Å². The number of rotatable bonds is 5. The molecule has 2 aliphatic rings. The summed E-state index contributed by atoms with van der Waals surface area (Å²) in [5.41, 5.74) is -0.0484. The second-order valence-corrected chi connectivity index (χ2v) is 8.66. The van der Waals surface area contributed by atoms with Crippen LogP contribution < -0.4 is 10.2 Å². The van der Waals surface area contributed by atoms with Gasteiger partial charge in [-0.15, -0.1) is 11.8 Å². The van der Waals surface area contributed by atoms with Gasteiger partial charge in [0.1, 0.15) is 5.03 Å². The number of nitrogens with one attached hydrogen (secondary N) is 1. The van der Waals surface area contributed by atoms with Crippen molar-refractivity contribution in [2.75, 3.05) is 30.8 Å². The van der Waals surface area contributed by atoms with Gasteiger partial charge in [0, 0.05) is 36.7 Å². The lowest BCUT2D eigenvalue weighted by molar-refractivity contribution is -0.135. The highest BCUT2D eigenvalue weighted by atomic mass is 32.2. The molecule has 0 bridgehead atoms. The Labute approximate surface area is 149 Å². The lowest BCUT2D eigenvalue weighted by Crippen LogP contribution is -2.51. The topological polar surface area (TPSA) is 58.1 Å². The summed E-state index contributed by atoms with van der Waals surface area (Å²) in [5.74, 6) is 1.04. The highest BCUT2D eigenvalue weighted by Gasteiger charge is 2.40. The zero-order chi connectivity index (χ0) is 17.2. The Balaban J connectivity index is 1.62. The van der Waals surface area contributed by atoms with Crippen molar-refractivity contribution in [2.24, 2.45) is 10.8 Å². The molecular formula is C18H28N4OS. The molecule has 2 fully saturated rings. The number of aromatic nitrogens is 2. The Morgan fingerprint density at radius 1 is 1.33 bits per heavy atom. The molecular weight excluding hydrogens is 320 g/mol. The molecule has 1 amide bonds. The zero-order valence-corrected chi connectivity index (χ0v) is 15.8. The van der Waals surface area contributed by atoms with Gasteiger partial charge < -0.3 is 10.2 Å². The van der Waals surface area contributed by atoms with Crippen LogP contribution in [0.25, 0.3) is 0 Å². The average Bonchev–Trinajstić information content (AvgIpc) is 2.57. The third-order valence-corrected chi connectivity index (χ3v) is 6.22. The number of amides is 1. The van der Waals surface area contributed by atoms with Crippen LogP contribution in [-0.2, 0) is 4.79 Å². The van der Waals surface area contributed by atoms with Gasteiger partial charge in [0.05, 0.1) is 0 Å². The maximum absolute atomic E-state index is 12.4. The molecule has 5 nitrogen and oxygen atoms in total. The standard InChI is InChI=1S/C18H28N4OS/c1-17(12-20-15(23)18(2)8-4-9-18)7-5-11-22(13-17)16-19-10-6-14(21-16)24-3/h6,10H,4-5,7-9,11-13H2,1-3H3,(H,20,23). The predicted molar refractivity (Wildman–Crippen MR) is 98.3 cm³/mol. The molecule has 1 N–H and O–H groups in total. The van der Waals surface area contributed by atoms with Gasteiger partial charge >= 0.3 is 0 Å². The number of carbonyl (C=O) groups is 1. The Morgan fingerprint density at radius 2 is 2.12 bits per heavy atom. The SMILES string of the molecule is CSc1ccnc(N2CCCC(C)(CNC(=O)C3(C)CCC3)C2)n1. The molecule has 2 heterocycles. The first kappa shape index (κ1) is 17.5. The van der Waals surface area contributed by atoms with Crippen LogP contribution in [0.3, 0.4) is 0 Å². The van der Waals surface area contributed by atoms with Crippen molar-refractivity contribution in [3.8, 4) is 0 Å². The normalized spacial score (nSPS) is 25.9. The number of anilines is 1. The number of piperidine rings is 1. The first-order valence-electron chi connectivity index (χ1n) is 8.84. The van der Waals surface area contributed by atoms with Gasteiger partial charge in [-0.2, -0.15) is 0 Å². The monoisotopic (exact) mass is 348 g/mol. The molecule has 0 aromatic carbocycles. The highest BCUT2D eigenvalue weighted by molar-refractivity contribution is 7.98. The first-order chi connectivity index (χ1) is 11.4. The van der Waals surface area contributed by atoms with Gasteiger partial charge in [0.15, 0.2) is 0 Å². The molecule has 24 heavy (non-hydrogen) atoms. The minimum Gasteiger partial charge on any atom is -0.355 e. The maximum atomic E-state index is 12.4. The zero-order valence-electron chi connectivity index (χ0n) is 15.0. The Hall–Kier alpha value is -1.30. The number of hydrogen-bond acceptors (Lipinski definition) is 5. The van der Waals surface area contributed by atoms with Crippen LogP contribution in [0.15, 0.2) is 17.3 Å². The van der Waals surface area contributed by atoms with Crippen LogP contribution in [0.4, 0.5) is 5.95 Å². The Kier molecular flexibility index (Phi) is 5.04. The molecule has 1 aromatic rings. The van der Waals surface area contributed by atoms with E-state index in [4.69, 9.17) is 0 Å². The number of thioether (sulfide) groups is 1. The second kappa shape index (κ2) is 6.90. The van der Waals surface area contributed by atoms with Crippen molar-refractivity contribution < 1.29 is 4.79 Å². The third kappa shape index (κ3) is 3.68. The van der Waals surface area contributed by atoms with E-state index >= 15 is 0 Å². The van der Waals surface area contributed by atoms with E-state index in [9.17, 15) is 4.79 Å². The smallest absolute Gasteiger partial charge is 0.226 e. The lowest BCUT2D eigenvalue weighted by atomic mass is 9.69. The van der Waals surface area contributed by atoms with E-state index in [1.807, 2.05) is 18.5 Å². The second-order valence-electron chi connectivity index (χ2n) is 7.83. The van der Waals surface area contributed by atoms with Crippen LogP contribution in [0.1, 0.15) is 46.0 Å². The molecule has 1 aliphatic heterocycles. The summed E-state index contributed by atoms with van der Waals surface area (Å²) < 4.78 is 0. The van der Waals surface area contributed by atoms with Gasteiger partial charge in [-0.05, 0) is 38.0 Å². The Bertz CT molecular complexity index is 604. The predicted octanol–water partition coefficient (Wildman–Crippen LogP) is 3.11. The number of carbonyl (C=O) groups excluding carboxylic acids is 1. The van der Waals surface area contributed by atoms with Gasteiger partial charge in [-0.3, -0.25) is 4.79 Å². The molecule has 1 saturated carbocycles. The fourth-order valence-corrected chi connectivity index (χ4v) is 4.04. The van der Waals surface area contributed by atoms with E-state index < -0.39 is 0 Å². The van der Waals surface area contributed by atoms with E-state index in [0.717, 1.165) is 56.3 Å². The minimum absolute atomic E-state index is 0.0761. The highest BCUT2D eigenvalue weighted by Crippen LogP contribution is 2.40. The fraction of sp³-hybridized carbons (Fsp3) is 0.722.